The second-order valence-corrected chi connectivity index (χ2v) is 7.45. The van der Waals surface area contributed by atoms with Gasteiger partial charge >= 0.3 is 0 Å². The normalized spacial score (nSPS) is 12.3. The maximum Gasteiger partial charge on any atom is 0.252 e. The SMILES string of the molecule is CC(C)CC(CN)Nc1nc(Nc2ccc3c(cnn3C)c2)c(C(N)=O)cc1F. The lowest BCUT2D eigenvalue weighted by Crippen LogP contribution is -2.31. The van der Waals surface area contributed by atoms with Gasteiger partial charge < -0.3 is 22.1 Å². The molecular weight excluding hydrogens is 373 g/mol. The Morgan fingerprint density at radius 1 is 1.28 bits per heavy atom. The van der Waals surface area contributed by atoms with Gasteiger partial charge in [0.25, 0.3) is 5.91 Å². The van der Waals surface area contributed by atoms with Crippen LogP contribution >= 0.6 is 0 Å². The van der Waals surface area contributed by atoms with Crippen LogP contribution in [0.3, 0.4) is 0 Å². The van der Waals surface area contributed by atoms with Crippen molar-refractivity contribution >= 4 is 34.1 Å². The maximum absolute atomic E-state index is 14.6. The number of aromatic nitrogens is 3. The van der Waals surface area contributed by atoms with E-state index < -0.39 is 11.7 Å². The Labute approximate surface area is 168 Å². The van der Waals surface area contributed by atoms with Crippen LogP contribution in [-0.4, -0.2) is 33.3 Å². The average Bonchev–Trinajstić information content (AvgIpc) is 3.03. The lowest BCUT2D eigenvalue weighted by molar-refractivity contribution is 0.100. The van der Waals surface area contributed by atoms with Gasteiger partial charge in [0.15, 0.2) is 11.6 Å². The summed E-state index contributed by atoms with van der Waals surface area (Å²) in [6.45, 7) is 4.45. The van der Waals surface area contributed by atoms with Gasteiger partial charge in [-0.25, -0.2) is 9.37 Å². The Hall–Kier alpha value is -3.20. The molecule has 3 rings (SSSR count). The van der Waals surface area contributed by atoms with Gasteiger partial charge in [-0.15, -0.1) is 0 Å². The minimum absolute atomic E-state index is 0.0241. The smallest absolute Gasteiger partial charge is 0.252 e. The second-order valence-electron chi connectivity index (χ2n) is 7.45. The molecule has 154 valence electrons. The molecule has 0 aliphatic rings. The third kappa shape index (κ3) is 4.62. The number of amides is 1. The summed E-state index contributed by atoms with van der Waals surface area (Å²) >= 11 is 0. The molecule has 0 fully saturated rings. The molecule has 0 saturated heterocycles. The fourth-order valence-corrected chi connectivity index (χ4v) is 3.23. The van der Waals surface area contributed by atoms with Gasteiger partial charge in [-0.3, -0.25) is 9.48 Å². The molecule has 6 N–H and O–H groups in total. The number of hydrogen-bond donors (Lipinski definition) is 4. The fraction of sp³-hybridized carbons (Fsp3) is 0.350. The average molecular weight is 399 g/mol. The number of hydrogen-bond acceptors (Lipinski definition) is 6. The Bertz CT molecular complexity index is 1030. The molecule has 3 aromatic rings. The molecule has 29 heavy (non-hydrogen) atoms. The van der Waals surface area contributed by atoms with E-state index in [-0.39, 0.29) is 23.2 Å². The quantitative estimate of drug-likeness (QED) is 0.462. The van der Waals surface area contributed by atoms with Crippen LogP contribution in [0.4, 0.5) is 21.7 Å². The zero-order valence-corrected chi connectivity index (χ0v) is 16.7. The first-order valence-corrected chi connectivity index (χ1v) is 9.44. The van der Waals surface area contributed by atoms with Crippen LogP contribution in [0.5, 0.6) is 0 Å². The van der Waals surface area contributed by atoms with Crippen molar-refractivity contribution in [1.29, 1.82) is 0 Å². The van der Waals surface area contributed by atoms with Gasteiger partial charge in [0.2, 0.25) is 0 Å². The van der Waals surface area contributed by atoms with E-state index in [9.17, 15) is 9.18 Å². The van der Waals surface area contributed by atoms with Crippen molar-refractivity contribution in [2.45, 2.75) is 26.3 Å². The first-order valence-electron chi connectivity index (χ1n) is 9.44. The van der Waals surface area contributed by atoms with E-state index in [2.05, 4.69) is 34.6 Å². The number of nitrogens with one attached hydrogen (secondary N) is 2. The second kappa shape index (κ2) is 8.44. The summed E-state index contributed by atoms with van der Waals surface area (Å²) in [5.74, 6) is -0.853. The van der Waals surface area contributed by atoms with E-state index in [4.69, 9.17) is 11.5 Å². The highest BCUT2D eigenvalue weighted by molar-refractivity contribution is 5.99. The largest absolute Gasteiger partial charge is 0.365 e. The summed E-state index contributed by atoms with van der Waals surface area (Å²) in [6.07, 6.45) is 2.49. The fourth-order valence-electron chi connectivity index (χ4n) is 3.23. The van der Waals surface area contributed by atoms with Crippen LogP contribution in [0.1, 0.15) is 30.6 Å². The van der Waals surface area contributed by atoms with Crippen molar-refractivity contribution in [3.63, 3.8) is 0 Å². The van der Waals surface area contributed by atoms with Crippen LogP contribution in [0, 0.1) is 11.7 Å². The third-order valence-corrected chi connectivity index (χ3v) is 4.63. The molecule has 1 unspecified atom stereocenters. The summed E-state index contributed by atoms with van der Waals surface area (Å²) < 4.78 is 16.3. The Morgan fingerprint density at radius 3 is 2.69 bits per heavy atom. The molecule has 0 radical (unpaired) electrons. The number of anilines is 3. The number of primary amides is 1. The molecule has 0 spiro atoms. The lowest BCUT2D eigenvalue weighted by Gasteiger charge is -2.21. The lowest BCUT2D eigenvalue weighted by atomic mass is 10.0. The number of aryl methyl sites for hydroxylation is 1. The van der Waals surface area contributed by atoms with Crippen LogP contribution in [0.2, 0.25) is 0 Å². The van der Waals surface area contributed by atoms with Crippen LogP contribution in [-0.2, 0) is 7.05 Å². The number of halogens is 1. The van der Waals surface area contributed by atoms with Crippen molar-refractivity contribution in [1.82, 2.24) is 14.8 Å². The van der Waals surface area contributed by atoms with Crippen molar-refractivity contribution in [3.8, 4) is 0 Å². The van der Waals surface area contributed by atoms with E-state index in [1.807, 2.05) is 25.2 Å². The Morgan fingerprint density at radius 2 is 2.03 bits per heavy atom. The first kappa shape index (κ1) is 20.5. The third-order valence-electron chi connectivity index (χ3n) is 4.63. The van der Waals surface area contributed by atoms with Crippen molar-refractivity contribution in [3.05, 3.63) is 41.8 Å². The van der Waals surface area contributed by atoms with Gasteiger partial charge in [0.05, 0.1) is 17.3 Å². The molecule has 2 aromatic heterocycles. The maximum atomic E-state index is 14.6. The van der Waals surface area contributed by atoms with Crippen LogP contribution < -0.4 is 22.1 Å². The number of pyridine rings is 1. The monoisotopic (exact) mass is 399 g/mol. The summed E-state index contributed by atoms with van der Waals surface area (Å²) in [4.78, 5) is 16.1. The number of nitrogens with two attached hydrogens (primary N) is 2. The predicted octanol–water partition coefficient (Wildman–Crippen LogP) is 2.74. The number of carbonyl (C=O) groups excluding carboxylic acids is 1. The molecule has 0 aliphatic carbocycles. The standard InChI is InChI=1S/C20H26FN7O/c1-11(2)6-14(9-22)26-20-16(21)8-15(18(23)29)19(27-20)25-13-4-5-17-12(7-13)10-24-28(17)3/h4-5,7-8,10-11,14H,6,9,22H2,1-3H3,(H2,23,29)(H2,25,26,27). The van der Waals surface area contributed by atoms with E-state index in [0.717, 1.165) is 23.4 Å². The highest BCUT2D eigenvalue weighted by Gasteiger charge is 2.19. The predicted molar refractivity (Wildman–Crippen MR) is 113 cm³/mol. The van der Waals surface area contributed by atoms with Gasteiger partial charge in [-0.2, -0.15) is 5.10 Å². The number of fused-ring (bicyclic) bond motifs is 1. The van der Waals surface area contributed by atoms with E-state index in [1.54, 1.807) is 10.9 Å². The summed E-state index contributed by atoms with van der Waals surface area (Å²) in [7, 11) is 1.85. The molecule has 2 heterocycles. The number of carbonyl (C=O) groups is 1. The zero-order valence-electron chi connectivity index (χ0n) is 16.7. The Balaban J connectivity index is 1.95. The molecular formula is C20H26FN7O. The van der Waals surface area contributed by atoms with Crippen molar-refractivity contribution in [2.75, 3.05) is 17.2 Å². The first-order chi connectivity index (χ1) is 13.8. The molecule has 0 bridgehead atoms. The minimum Gasteiger partial charge on any atom is -0.365 e. The summed E-state index contributed by atoms with van der Waals surface area (Å²) in [5, 5.41) is 11.2. The summed E-state index contributed by atoms with van der Waals surface area (Å²) in [6, 6.07) is 6.54. The number of nitrogens with zero attached hydrogens (tertiary/aromatic N) is 3. The minimum atomic E-state index is -0.773. The van der Waals surface area contributed by atoms with E-state index >= 15 is 0 Å². The molecule has 1 aromatic carbocycles. The number of benzene rings is 1. The van der Waals surface area contributed by atoms with Crippen LogP contribution in [0.15, 0.2) is 30.5 Å². The topological polar surface area (TPSA) is 124 Å². The molecule has 1 amide bonds. The van der Waals surface area contributed by atoms with E-state index in [1.165, 1.54) is 0 Å². The van der Waals surface area contributed by atoms with Gasteiger partial charge in [0.1, 0.15) is 5.82 Å². The highest BCUT2D eigenvalue weighted by Crippen LogP contribution is 2.26. The van der Waals surface area contributed by atoms with Gasteiger partial charge in [-0.05, 0) is 36.6 Å². The van der Waals surface area contributed by atoms with Gasteiger partial charge in [0, 0.05) is 30.7 Å². The molecule has 0 aliphatic heterocycles. The van der Waals surface area contributed by atoms with Crippen LogP contribution in [0.25, 0.3) is 10.9 Å². The van der Waals surface area contributed by atoms with Crippen molar-refractivity contribution in [2.24, 2.45) is 24.4 Å². The highest BCUT2D eigenvalue weighted by atomic mass is 19.1. The summed E-state index contributed by atoms with van der Waals surface area (Å²) in [5.41, 5.74) is 12.8. The number of rotatable bonds is 8. The van der Waals surface area contributed by atoms with Crippen molar-refractivity contribution < 1.29 is 9.18 Å². The molecule has 9 heteroatoms. The zero-order chi connectivity index (χ0) is 21.1. The Kier molecular flexibility index (Phi) is 5.97. The van der Waals surface area contributed by atoms with Gasteiger partial charge in [-0.1, -0.05) is 13.8 Å². The molecule has 1 atom stereocenters. The molecule has 0 saturated carbocycles. The van der Waals surface area contributed by atoms with E-state index in [0.29, 0.717) is 18.2 Å². The molecule has 8 nitrogen and oxygen atoms in total.